The van der Waals surface area contributed by atoms with Gasteiger partial charge < -0.3 is 10.6 Å². The van der Waals surface area contributed by atoms with Crippen LogP contribution in [0.25, 0.3) is 0 Å². The molecule has 0 saturated carbocycles. The Kier molecular flexibility index (Phi) is 5.46. The normalized spacial score (nSPS) is 11.7. The van der Waals surface area contributed by atoms with E-state index in [0.717, 1.165) is 0 Å². The zero-order valence-electron chi connectivity index (χ0n) is 11.2. The summed E-state index contributed by atoms with van der Waals surface area (Å²) in [6, 6.07) is 5.56. The van der Waals surface area contributed by atoms with Gasteiger partial charge in [-0.05, 0) is 25.5 Å². The molecule has 0 heterocycles. The number of amides is 1. The van der Waals surface area contributed by atoms with Gasteiger partial charge in [-0.25, -0.2) is 4.39 Å². The Bertz CT molecular complexity index is 496. The molecule has 1 aromatic rings. The molecule has 0 fully saturated rings. The van der Waals surface area contributed by atoms with Crippen LogP contribution in [0.5, 0.6) is 0 Å². The van der Waals surface area contributed by atoms with Crippen LogP contribution < -0.4 is 5.73 Å². The van der Waals surface area contributed by atoms with Crippen LogP contribution in [0.15, 0.2) is 18.2 Å². The van der Waals surface area contributed by atoms with Gasteiger partial charge >= 0.3 is 0 Å². The molecule has 1 rings (SSSR count). The van der Waals surface area contributed by atoms with Crippen LogP contribution in [-0.2, 0) is 11.3 Å². The number of rotatable bonds is 5. The third kappa shape index (κ3) is 3.76. The number of nitriles is 1. The number of carbonyl (C=O) groups excluding carboxylic acids is 1. The molecule has 0 aliphatic carbocycles. The summed E-state index contributed by atoms with van der Waals surface area (Å²) in [5.41, 5.74) is 6.35. The molecule has 2 N–H and O–H groups in total. The van der Waals surface area contributed by atoms with Gasteiger partial charge in [0.2, 0.25) is 5.91 Å². The fourth-order valence-corrected chi connectivity index (χ4v) is 1.71. The van der Waals surface area contributed by atoms with Crippen molar-refractivity contribution >= 4 is 5.91 Å². The maximum absolute atomic E-state index is 13.8. The highest BCUT2D eigenvalue weighted by Gasteiger charge is 2.19. The maximum Gasteiger partial charge on any atom is 0.239 e. The second-order valence-electron chi connectivity index (χ2n) is 4.29. The molecule has 0 radical (unpaired) electrons. The third-order valence-corrected chi connectivity index (χ3v) is 2.99. The lowest BCUT2D eigenvalue weighted by atomic mass is 10.1. The summed E-state index contributed by atoms with van der Waals surface area (Å²) in [6.45, 7) is 4.28. The van der Waals surface area contributed by atoms with Gasteiger partial charge in [-0.2, -0.15) is 5.26 Å². The molecular weight excluding hydrogens is 245 g/mol. The van der Waals surface area contributed by atoms with Crippen molar-refractivity contribution in [3.05, 3.63) is 35.1 Å². The van der Waals surface area contributed by atoms with Crippen molar-refractivity contribution in [2.45, 2.75) is 32.9 Å². The molecule has 0 bridgehead atoms. The van der Waals surface area contributed by atoms with Gasteiger partial charge in [0.05, 0.1) is 17.7 Å². The number of carbonyl (C=O) groups is 1. The highest BCUT2D eigenvalue weighted by atomic mass is 19.1. The van der Waals surface area contributed by atoms with E-state index in [0.29, 0.717) is 18.5 Å². The maximum atomic E-state index is 13.8. The van der Waals surface area contributed by atoms with Crippen LogP contribution in [0.3, 0.4) is 0 Å². The van der Waals surface area contributed by atoms with Crippen molar-refractivity contribution in [2.75, 3.05) is 6.54 Å². The number of hydrogen-bond donors (Lipinski definition) is 1. The van der Waals surface area contributed by atoms with Crippen LogP contribution in [0.2, 0.25) is 0 Å². The first kappa shape index (κ1) is 15.1. The van der Waals surface area contributed by atoms with Gasteiger partial charge in [-0.15, -0.1) is 0 Å². The molecule has 102 valence electrons. The number of benzene rings is 1. The van der Waals surface area contributed by atoms with Crippen LogP contribution >= 0.6 is 0 Å². The molecule has 19 heavy (non-hydrogen) atoms. The Labute approximate surface area is 112 Å². The van der Waals surface area contributed by atoms with E-state index in [1.54, 1.807) is 0 Å². The predicted molar refractivity (Wildman–Crippen MR) is 70.5 cm³/mol. The minimum absolute atomic E-state index is 0.167. The molecule has 5 heteroatoms. The highest BCUT2D eigenvalue weighted by molar-refractivity contribution is 5.81. The van der Waals surface area contributed by atoms with Crippen LogP contribution in [0.1, 0.15) is 31.4 Å². The van der Waals surface area contributed by atoms with E-state index in [-0.39, 0.29) is 18.0 Å². The third-order valence-electron chi connectivity index (χ3n) is 2.99. The molecule has 1 amide bonds. The van der Waals surface area contributed by atoms with Crippen LogP contribution in [0, 0.1) is 17.1 Å². The molecule has 1 atom stereocenters. The lowest BCUT2D eigenvalue weighted by molar-refractivity contribution is -0.133. The molecule has 0 saturated heterocycles. The fourth-order valence-electron chi connectivity index (χ4n) is 1.71. The zero-order valence-corrected chi connectivity index (χ0v) is 11.2. The molecule has 0 spiro atoms. The Morgan fingerprint density at radius 3 is 2.68 bits per heavy atom. The topological polar surface area (TPSA) is 70.1 Å². The second-order valence-corrected chi connectivity index (χ2v) is 4.29. The average molecular weight is 263 g/mol. The van der Waals surface area contributed by atoms with E-state index in [4.69, 9.17) is 11.0 Å². The number of likely N-dealkylation sites (N-methyl/N-ethyl adjacent to an activating group) is 1. The second kappa shape index (κ2) is 6.86. The number of halogens is 1. The van der Waals surface area contributed by atoms with E-state index in [9.17, 15) is 9.18 Å². The molecule has 0 aliphatic heterocycles. The van der Waals surface area contributed by atoms with Crippen molar-refractivity contribution in [1.82, 2.24) is 4.90 Å². The summed E-state index contributed by atoms with van der Waals surface area (Å²) in [7, 11) is 0. The summed E-state index contributed by atoms with van der Waals surface area (Å²) in [4.78, 5) is 13.5. The van der Waals surface area contributed by atoms with Gasteiger partial charge in [0, 0.05) is 18.7 Å². The first-order valence-corrected chi connectivity index (χ1v) is 6.26. The van der Waals surface area contributed by atoms with E-state index >= 15 is 0 Å². The molecular formula is C14H18FN3O. The smallest absolute Gasteiger partial charge is 0.239 e. The Hall–Kier alpha value is -1.93. The summed E-state index contributed by atoms with van der Waals surface area (Å²) in [5.74, 6) is -0.663. The van der Waals surface area contributed by atoms with Gasteiger partial charge in [0.1, 0.15) is 5.82 Å². The summed E-state index contributed by atoms with van der Waals surface area (Å²) >= 11 is 0. The lowest BCUT2D eigenvalue weighted by Crippen LogP contribution is -2.43. The summed E-state index contributed by atoms with van der Waals surface area (Å²) in [6.07, 6.45) is 0.547. The van der Waals surface area contributed by atoms with Gasteiger partial charge in [-0.1, -0.05) is 13.0 Å². The van der Waals surface area contributed by atoms with Gasteiger partial charge in [0.25, 0.3) is 0 Å². The molecule has 1 unspecified atom stereocenters. The van der Waals surface area contributed by atoms with Crippen LogP contribution in [-0.4, -0.2) is 23.4 Å². The number of nitrogens with two attached hydrogens (primary N) is 1. The zero-order chi connectivity index (χ0) is 14.4. The van der Waals surface area contributed by atoms with Gasteiger partial charge in [-0.3, -0.25) is 4.79 Å². The van der Waals surface area contributed by atoms with Crippen molar-refractivity contribution in [2.24, 2.45) is 5.73 Å². The quantitative estimate of drug-likeness (QED) is 0.880. The monoisotopic (exact) mass is 263 g/mol. The van der Waals surface area contributed by atoms with Crippen molar-refractivity contribution < 1.29 is 9.18 Å². The molecule has 0 aromatic heterocycles. The van der Waals surface area contributed by atoms with Crippen molar-refractivity contribution in [3.63, 3.8) is 0 Å². The Morgan fingerprint density at radius 1 is 1.53 bits per heavy atom. The SMILES string of the molecule is CCC(N)C(=O)N(CC)Cc1ccc(C#N)cc1F. The minimum Gasteiger partial charge on any atom is -0.337 e. The number of nitrogens with zero attached hydrogens (tertiary/aromatic N) is 2. The van der Waals surface area contributed by atoms with E-state index < -0.39 is 11.9 Å². The van der Waals surface area contributed by atoms with Crippen LogP contribution in [0.4, 0.5) is 4.39 Å². The summed E-state index contributed by atoms with van der Waals surface area (Å²) < 4.78 is 13.8. The first-order chi connectivity index (χ1) is 9.03. The highest BCUT2D eigenvalue weighted by Crippen LogP contribution is 2.13. The molecule has 0 aliphatic rings. The van der Waals surface area contributed by atoms with Crippen molar-refractivity contribution in [1.29, 1.82) is 5.26 Å². The first-order valence-electron chi connectivity index (χ1n) is 6.26. The summed E-state index contributed by atoms with van der Waals surface area (Å²) in [5, 5.41) is 8.68. The average Bonchev–Trinajstić information content (AvgIpc) is 2.44. The largest absolute Gasteiger partial charge is 0.337 e. The van der Waals surface area contributed by atoms with Crippen molar-refractivity contribution in [3.8, 4) is 6.07 Å². The number of hydrogen-bond acceptors (Lipinski definition) is 3. The van der Waals surface area contributed by atoms with E-state index in [1.165, 1.54) is 23.1 Å². The van der Waals surface area contributed by atoms with E-state index in [1.807, 2.05) is 19.9 Å². The molecule has 4 nitrogen and oxygen atoms in total. The molecule has 1 aromatic carbocycles. The fraction of sp³-hybridized carbons (Fsp3) is 0.429. The standard InChI is InChI=1S/C14H18FN3O/c1-3-13(17)14(19)18(4-2)9-11-6-5-10(8-16)7-12(11)15/h5-7,13H,3-4,9,17H2,1-2H3. The predicted octanol–water partition coefficient (Wildman–Crippen LogP) is 1.78. The Balaban J connectivity index is 2.88. The minimum atomic E-state index is -0.554. The van der Waals surface area contributed by atoms with E-state index in [2.05, 4.69) is 0 Å². The lowest BCUT2D eigenvalue weighted by Gasteiger charge is -2.24. The Morgan fingerprint density at radius 2 is 2.21 bits per heavy atom. The van der Waals surface area contributed by atoms with Gasteiger partial charge in [0.15, 0.2) is 0 Å².